The molecule has 3 heterocycles. The number of nitrogens with two attached hydrogens (primary N) is 1. The van der Waals surface area contributed by atoms with Crippen LogP contribution < -0.4 is 5.73 Å². The second-order valence-corrected chi connectivity index (χ2v) is 10.5. The number of aliphatic hydroxyl groups excluding tert-OH is 3. The smallest absolute Gasteiger partial charge is 0.387 e. The molecule has 19 nitrogen and oxygen atoms in total. The first-order chi connectivity index (χ1) is 14.6. The van der Waals surface area contributed by atoms with E-state index in [1.54, 1.807) is 0 Å². The number of nitrogens with zero attached hydrogens (tertiary/aromatic N) is 4. The lowest BCUT2D eigenvalue weighted by molar-refractivity contribution is -0.160. The number of rotatable bonds is 8. The lowest BCUT2D eigenvalue weighted by Crippen LogP contribution is -2.39. The van der Waals surface area contributed by atoms with E-state index in [-0.39, 0.29) is 17.0 Å². The van der Waals surface area contributed by atoms with Crippen LogP contribution in [0.2, 0.25) is 0 Å². The van der Waals surface area contributed by atoms with Crippen LogP contribution in [0, 0.1) is 0 Å². The molecule has 0 radical (unpaired) electrons. The average Bonchev–Trinajstić information content (AvgIpc) is 3.14. The van der Waals surface area contributed by atoms with E-state index >= 15 is 0 Å². The van der Waals surface area contributed by atoms with Crippen molar-refractivity contribution in [3.05, 3.63) is 12.7 Å². The molecule has 0 spiro atoms. The van der Waals surface area contributed by atoms with Gasteiger partial charge in [-0.05, 0) is 0 Å². The van der Waals surface area contributed by atoms with Gasteiger partial charge >= 0.3 is 23.5 Å². The van der Waals surface area contributed by atoms with Gasteiger partial charge in [0.25, 0.3) is 0 Å². The van der Waals surface area contributed by atoms with E-state index in [1.165, 1.54) is 0 Å². The van der Waals surface area contributed by atoms with Crippen molar-refractivity contribution in [2.45, 2.75) is 30.8 Å². The summed E-state index contributed by atoms with van der Waals surface area (Å²) in [6, 6.07) is 0. The Morgan fingerprint density at radius 2 is 1.69 bits per heavy atom. The summed E-state index contributed by atoms with van der Waals surface area (Å²) in [6.07, 6.45) is -7.48. The van der Waals surface area contributed by atoms with E-state index < -0.39 is 54.3 Å². The molecule has 1 aliphatic rings. The molecule has 2 aromatic heterocycles. The van der Waals surface area contributed by atoms with Gasteiger partial charge in [-0.2, -0.15) is 8.62 Å². The molecule has 0 aliphatic carbocycles. The van der Waals surface area contributed by atoms with Gasteiger partial charge in [0.2, 0.25) is 0 Å². The van der Waals surface area contributed by atoms with Crippen LogP contribution in [-0.4, -0.2) is 79.0 Å². The third-order valence-electron chi connectivity index (χ3n) is 3.87. The molecule has 9 N–H and O–H groups in total. The zero-order chi connectivity index (χ0) is 24.1. The molecule has 1 aliphatic heterocycles. The third-order valence-corrected chi connectivity index (χ3v) is 7.68. The second kappa shape index (κ2) is 8.75. The van der Waals surface area contributed by atoms with Gasteiger partial charge in [0.15, 0.2) is 24.0 Å². The van der Waals surface area contributed by atoms with Crippen molar-refractivity contribution in [3.8, 4) is 0 Å². The van der Waals surface area contributed by atoms with Gasteiger partial charge in [-0.3, -0.25) is 9.09 Å². The van der Waals surface area contributed by atoms with Crippen molar-refractivity contribution in [1.29, 1.82) is 0 Å². The first-order valence-corrected chi connectivity index (χ1v) is 12.6. The number of nitrogen functional groups attached to an aromatic ring is 1. The normalized spacial score (nSPS) is 29.0. The lowest BCUT2D eigenvalue weighted by atomic mass is 10.1. The van der Waals surface area contributed by atoms with Gasteiger partial charge in [-0.1, -0.05) is 0 Å². The molecule has 0 saturated carbocycles. The molecule has 3 rings (SSSR count). The summed E-state index contributed by atoms with van der Waals surface area (Å²) in [5, 5.41) is 30.4. The Kier molecular flexibility index (Phi) is 6.90. The molecule has 180 valence electrons. The summed E-state index contributed by atoms with van der Waals surface area (Å²) in [4.78, 5) is 47.1. The summed E-state index contributed by atoms with van der Waals surface area (Å²) < 4.78 is 51.4. The van der Waals surface area contributed by atoms with E-state index in [4.69, 9.17) is 25.2 Å². The van der Waals surface area contributed by atoms with Crippen molar-refractivity contribution < 1.29 is 66.5 Å². The fraction of sp³-hybridized carbons (Fsp3) is 0.500. The number of anilines is 1. The van der Waals surface area contributed by atoms with Gasteiger partial charge in [0.1, 0.15) is 30.2 Å². The number of hydrogen-bond acceptors (Lipinski definition) is 14. The molecule has 1 saturated heterocycles. The Morgan fingerprint density at radius 3 is 2.31 bits per heavy atom. The SMILES string of the molecule is Nc1ncnc2c1ncn2[C@@H]1O[C@H](C(O)OP(=O)(O)OP(=O)(O)OP(=O)(O)O)[C@@H](O)[C@@H]1O. The summed E-state index contributed by atoms with van der Waals surface area (Å²) in [5.41, 5.74) is 5.84. The molecule has 0 amide bonds. The molecule has 32 heavy (non-hydrogen) atoms. The maximum Gasteiger partial charge on any atom is 0.490 e. The summed E-state index contributed by atoms with van der Waals surface area (Å²) >= 11 is 0. The van der Waals surface area contributed by atoms with E-state index in [9.17, 15) is 33.9 Å². The van der Waals surface area contributed by atoms with Crippen LogP contribution in [0.15, 0.2) is 12.7 Å². The Morgan fingerprint density at radius 1 is 1.03 bits per heavy atom. The maximum atomic E-state index is 11.8. The van der Waals surface area contributed by atoms with Gasteiger partial charge < -0.3 is 45.4 Å². The van der Waals surface area contributed by atoms with Crippen molar-refractivity contribution in [2.24, 2.45) is 0 Å². The first-order valence-electron chi connectivity index (χ1n) is 8.05. The number of phosphoric acid groups is 3. The highest BCUT2D eigenvalue weighted by Crippen LogP contribution is 2.66. The highest BCUT2D eigenvalue weighted by Gasteiger charge is 2.50. The van der Waals surface area contributed by atoms with E-state index in [0.717, 1.165) is 17.2 Å². The van der Waals surface area contributed by atoms with Gasteiger partial charge in [-0.15, -0.1) is 0 Å². The number of hydrogen-bond donors (Lipinski definition) is 8. The van der Waals surface area contributed by atoms with Crippen LogP contribution in [-0.2, 0) is 31.6 Å². The summed E-state index contributed by atoms with van der Waals surface area (Å²) in [6.45, 7) is 0. The van der Waals surface area contributed by atoms with Crippen molar-refractivity contribution >= 4 is 40.4 Å². The Balaban J connectivity index is 1.75. The average molecular weight is 523 g/mol. The first kappa shape index (κ1) is 25.2. The largest absolute Gasteiger partial charge is 0.490 e. The number of phosphoric ester groups is 1. The predicted molar refractivity (Wildman–Crippen MR) is 96.6 cm³/mol. The highest BCUT2D eigenvalue weighted by atomic mass is 31.3. The Hall–Kier alpha value is -1.40. The van der Waals surface area contributed by atoms with Crippen molar-refractivity contribution in [2.75, 3.05) is 5.73 Å². The van der Waals surface area contributed by atoms with Gasteiger partial charge in [-0.25, -0.2) is 28.6 Å². The number of ether oxygens (including phenoxy) is 1. The van der Waals surface area contributed by atoms with E-state index in [2.05, 4.69) is 28.1 Å². The molecule has 3 unspecified atom stereocenters. The van der Waals surface area contributed by atoms with Crippen LogP contribution in [0.1, 0.15) is 6.23 Å². The maximum absolute atomic E-state index is 11.8. The fourth-order valence-corrected chi connectivity index (χ4v) is 5.76. The Bertz CT molecular complexity index is 1140. The zero-order valence-corrected chi connectivity index (χ0v) is 17.9. The van der Waals surface area contributed by atoms with Crippen LogP contribution in [0.4, 0.5) is 5.82 Å². The molecular weight excluding hydrogens is 507 g/mol. The number of imidazole rings is 1. The summed E-state index contributed by atoms with van der Waals surface area (Å²) in [5.74, 6) is -0.00831. The molecule has 2 aromatic rings. The van der Waals surface area contributed by atoms with E-state index in [0.29, 0.717) is 0 Å². The zero-order valence-electron chi connectivity index (χ0n) is 15.2. The number of aromatic nitrogens is 4. The topological polar surface area (TPSA) is 299 Å². The van der Waals surface area contributed by atoms with Gasteiger partial charge in [0, 0.05) is 0 Å². The van der Waals surface area contributed by atoms with Crippen molar-refractivity contribution in [1.82, 2.24) is 19.5 Å². The Labute approximate surface area is 176 Å². The van der Waals surface area contributed by atoms with Crippen LogP contribution in [0.5, 0.6) is 0 Å². The standard InChI is InChI=1S/C10H16N5O14P3/c11-7-3-8(13-1-12-7)15(2-14-3)9-5(17)4(16)6(26-9)10(18)27-31(22,23)29-32(24,25)28-30(19,20)21/h1-2,4-6,9-10,16-18H,(H,22,23)(H,24,25)(H2,11,12,13)(H2,19,20,21)/t4-,5-,6-,9+,10?/m0/s1. The van der Waals surface area contributed by atoms with Crippen LogP contribution in [0.3, 0.4) is 0 Å². The fourth-order valence-electron chi connectivity index (χ4n) is 2.70. The predicted octanol–water partition coefficient (Wildman–Crippen LogP) is -2.31. The number of fused-ring (bicyclic) bond motifs is 1. The molecular formula is C10H16N5O14P3. The molecule has 22 heteroatoms. The summed E-state index contributed by atoms with van der Waals surface area (Å²) in [7, 11) is -17.2. The van der Waals surface area contributed by atoms with E-state index in [1.807, 2.05) is 0 Å². The third kappa shape index (κ3) is 5.56. The lowest BCUT2D eigenvalue weighted by Gasteiger charge is -2.23. The molecule has 0 aromatic carbocycles. The van der Waals surface area contributed by atoms with Crippen LogP contribution in [0.25, 0.3) is 11.2 Å². The quantitative estimate of drug-likeness (QED) is 0.133. The molecule has 7 atom stereocenters. The molecule has 0 bridgehead atoms. The number of aliphatic hydroxyl groups is 3. The molecule has 1 fully saturated rings. The van der Waals surface area contributed by atoms with Crippen molar-refractivity contribution in [3.63, 3.8) is 0 Å². The minimum Gasteiger partial charge on any atom is -0.387 e. The monoisotopic (exact) mass is 523 g/mol. The highest BCUT2D eigenvalue weighted by molar-refractivity contribution is 7.66. The minimum absolute atomic E-state index is 0.00831. The van der Waals surface area contributed by atoms with Gasteiger partial charge in [0.05, 0.1) is 6.33 Å². The minimum atomic E-state index is -5.84. The second-order valence-electron chi connectivity index (χ2n) is 6.14. The van der Waals surface area contributed by atoms with Crippen LogP contribution >= 0.6 is 23.5 Å².